The van der Waals surface area contributed by atoms with Gasteiger partial charge in [-0.1, -0.05) is 0 Å². The van der Waals surface area contributed by atoms with Crippen LogP contribution in [-0.4, -0.2) is 78.2 Å². The summed E-state index contributed by atoms with van der Waals surface area (Å²) in [5.74, 6) is -3.48. The molecule has 2 aromatic carbocycles. The smallest absolute Gasteiger partial charge is 0.229 e. The van der Waals surface area contributed by atoms with Crippen molar-refractivity contribution in [1.82, 2.24) is 0 Å². The number of aliphatic hydroxyl groups excluding tert-OH is 4. The molecule has 3 aromatic rings. The van der Waals surface area contributed by atoms with Crippen LogP contribution in [-0.2, 0) is 4.74 Å². The van der Waals surface area contributed by atoms with E-state index in [2.05, 4.69) is 0 Å². The maximum atomic E-state index is 12.8. The first-order chi connectivity index (χ1) is 14.6. The molecule has 0 aliphatic carbocycles. The van der Waals surface area contributed by atoms with Gasteiger partial charge in [-0.05, 0) is 6.07 Å². The molecule has 1 aliphatic heterocycles. The molecule has 1 saturated heterocycles. The Morgan fingerprint density at radius 2 is 1.52 bits per heavy atom. The first-order valence-corrected chi connectivity index (χ1v) is 8.98. The minimum absolute atomic E-state index is 0.130. The lowest BCUT2D eigenvalue weighted by Gasteiger charge is -2.39. The number of phenols is 4. The van der Waals surface area contributed by atoms with Crippen molar-refractivity contribution in [2.75, 3.05) is 6.61 Å². The molecule has 0 amide bonds. The molecular weight excluding hydrogens is 420 g/mol. The highest BCUT2D eigenvalue weighted by Crippen LogP contribution is 2.43. The zero-order valence-corrected chi connectivity index (χ0v) is 15.5. The maximum absolute atomic E-state index is 12.8. The number of hydrogen-bond donors (Lipinski definition) is 8. The Morgan fingerprint density at radius 3 is 2.19 bits per heavy atom. The van der Waals surface area contributed by atoms with Gasteiger partial charge in [0.05, 0.1) is 12.0 Å². The summed E-state index contributed by atoms with van der Waals surface area (Å²) in [4.78, 5) is 12.8. The van der Waals surface area contributed by atoms with Gasteiger partial charge in [0.2, 0.25) is 17.5 Å². The van der Waals surface area contributed by atoms with Crippen molar-refractivity contribution in [2.24, 2.45) is 0 Å². The van der Waals surface area contributed by atoms with Crippen LogP contribution in [0.25, 0.3) is 21.9 Å². The van der Waals surface area contributed by atoms with Crippen molar-refractivity contribution < 1.29 is 54.7 Å². The van der Waals surface area contributed by atoms with Crippen molar-refractivity contribution >= 4 is 21.9 Å². The van der Waals surface area contributed by atoms with Crippen molar-refractivity contribution in [1.29, 1.82) is 0 Å². The normalized spacial score (nSPS) is 26.4. The minimum atomic E-state index is -1.83. The fraction of sp³-hybridized carbons (Fsp3) is 0.316. The molecule has 31 heavy (non-hydrogen) atoms. The van der Waals surface area contributed by atoms with Gasteiger partial charge < -0.3 is 54.7 Å². The Morgan fingerprint density at radius 1 is 0.871 bits per heavy atom. The molecule has 166 valence electrons. The zero-order valence-electron chi connectivity index (χ0n) is 15.5. The van der Waals surface area contributed by atoms with Gasteiger partial charge >= 0.3 is 0 Å². The van der Waals surface area contributed by atoms with Gasteiger partial charge in [-0.15, -0.1) is 0 Å². The highest BCUT2D eigenvalue weighted by Gasteiger charge is 2.45. The van der Waals surface area contributed by atoms with Crippen LogP contribution >= 0.6 is 0 Å². The van der Waals surface area contributed by atoms with Gasteiger partial charge in [-0.25, -0.2) is 0 Å². The third-order valence-electron chi connectivity index (χ3n) is 5.05. The van der Waals surface area contributed by atoms with Crippen molar-refractivity contribution in [3.63, 3.8) is 0 Å². The van der Waals surface area contributed by atoms with E-state index < -0.39 is 76.9 Å². The van der Waals surface area contributed by atoms with Gasteiger partial charge in [0.25, 0.3) is 0 Å². The van der Waals surface area contributed by atoms with Crippen molar-refractivity contribution in [3.05, 3.63) is 28.4 Å². The van der Waals surface area contributed by atoms with Gasteiger partial charge in [0, 0.05) is 12.1 Å². The third kappa shape index (κ3) is 3.26. The van der Waals surface area contributed by atoms with Gasteiger partial charge in [-0.3, -0.25) is 4.79 Å². The summed E-state index contributed by atoms with van der Waals surface area (Å²) in [7, 11) is 0. The first kappa shape index (κ1) is 21.0. The highest BCUT2D eigenvalue weighted by atomic mass is 16.7. The Labute approximate surface area is 172 Å². The van der Waals surface area contributed by atoms with Crippen LogP contribution < -0.4 is 10.2 Å². The summed E-state index contributed by atoms with van der Waals surface area (Å²) in [6.45, 7) is -0.730. The SMILES string of the molecule is O=c1c2cc(O)c(O)cc2oc2cc(O)c(O[C@H]3O[C@H](CO)[C@H](O)[C@@H](O)[C@H]3O)c(O)c12. The molecule has 1 aromatic heterocycles. The molecule has 12 heteroatoms. The standard InChI is InChI=1S/C19H18O12/c20-4-11-14(25)16(27)17(28)19(30-11)31-18-8(23)3-10-12(15(18)26)13(24)5-1-6(21)7(22)2-9(5)29-10/h1-3,11,14,16-17,19-23,25-28H,4H2/t11-,14+,16-,17-,19-/m1/s1. The molecule has 5 atom stereocenters. The second-order valence-electron chi connectivity index (χ2n) is 7.03. The second-order valence-corrected chi connectivity index (χ2v) is 7.03. The predicted octanol–water partition coefficient (Wildman–Crippen LogP) is -1.05. The molecule has 1 fully saturated rings. The number of benzene rings is 2. The van der Waals surface area contributed by atoms with Gasteiger partial charge in [0.15, 0.2) is 23.0 Å². The van der Waals surface area contributed by atoms with E-state index in [4.69, 9.17) is 13.9 Å². The van der Waals surface area contributed by atoms with Crippen LogP contribution in [0.5, 0.6) is 28.7 Å². The van der Waals surface area contributed by atoms with E-state index in [1.807, 2.05) is 0 Å². The molecule has 2 heterocycles. The van der Waals surface area contributed by atoms with Crippen LogP contribution in [0.1, 0.15) is 0 Å². The maximum Gasteiger partial charge on any atom is 0.229 e. The van der Waals surface area contributed by atoms with Crippen LogP contribution in [0.2, 0.25) is 0 Å². The van der Waals surface area contributed by atoms with Crippen molar-refractivity contribution in [3.8, 4) is 28.7 Å². The van der Waals surface area contributed by atoms with Gasteiger partial charge in [0.1, 0.15) is 41.0 Å². The van der Waals surface area contributed by atoms with Crippen LogP contribution in [0, 0.1) is 0 Å². The summed E-state index contributed by atoms with van der Waals surface area (Å²) in [6, 6.07) is 2.84. The Hall–Kier alpha value is -3.29. The molecule has 0 spiro atoms. The average molecular weight is 438 g/mol. The van der Waals surface area contributed by atoms with Crippen molar-refractivity contribution in [2.45, 2.75) is 30.7 Å². The fourth-order valence-corrected chi connectivity index (χ4v) is 3.38. The molecule has 0 saturated carbocycles. The van der Waals surface area contributed by atoms with E-state index in [0.717, 1.165) is 18.2 Å². The van der Waals surface area contributed by atoms with Crippen LogP contribution in [0.4, 0.5) is 0 Å². The van der Waals surface area contributed by atoms with E-state index in [0.29, 0.717) is 0 Å². The van der Waals surface area contributed by atoms with Crippen LogP contribution in [0.15, 0.2) is 27.4 Å². The van der Waals surface area contributed by atoms with E-state index in [-0.39, 0.29) is 16.6 Å². The van der Waals surface area contributed by atoms with E-state index in [1.54, 1.807) is 0 Å². The molecule has 0 unspecified atom stereocenters. The monoisotopic (exact) mass is 438 g/mol. The first-order valence-electron chi connectivity index (χ1n) is 8.98. The summed E-state index contributed by atoms with van der Waals surface area (Å²) < 4.78 is 15.9. The summed E-state index contributed by atoms with van der Waals surface area (Å²) in [5, 5.41) is 78.5. The zero-order chi connectivity index (χ0) is 22.6. The third-order valence-corrected chi connectivity index (χ3v) is 5.05. The van der Waals surface area contributed by atoms with Crippen LogP contribution in [0.3, 0.4) is 0 Å². The number of ether oxygens (including phenoxy) is 2. The van der Waals surface area contributed by atoms with E-state index in [1.165, 1.54) is 0 Å². The lowest BCUT2D eigenvalue weighted by atomic mass is 9.99. The molecule has 1 aliphatic rings. The molecule has 4 rings (SSSR count). The quantitative estimate of drug-likeness (QED) is 0.182. The fourth-order valence-electron chi connectivity index (χ4n) is 3.38. The summed E-state index contributed by atoms with van der Waals surface area (Å²) >= 11 is 0. The second kappa shape index (κ2) is 7.44. The minimum Gasteiger partial charge on any atom is -0.504 e. The molecule has 12 nitrogen and oxygen atoms in total. The summed E-state index contributed by atoms with van der Waals surface area (Å²) in [5.41, 5.74) is -1.24. The molecule has 0 radical (unpaired) electrons. The Kier molecular flexibility index (Phi) is 5.03. The molecular formula is C19H18O12. The lowest BCUT2D eigenvalue weighted by molar-refractivity contribution is -0.277. The number of rotatable bonds is 3. The Balaban J connectivity index is 1.84. The number of aromatic hydroxyl groups is 4. The van der Waals surface area contributed by atoms with E-state index >= 15 is 0 Å². The molecule has 8 N–H and O–H groups in total. The Bertz CT molecular complexity index is 1220. The number of phenolic OH excluding ortho intramolecular Hbond substituents is 4. The predicted molar refractivity (Wildman–Crippen MR) is 101 cm³/mol. The van der Waals surface area contributed by atoms with E-state index in [9.17, 15) is 45.6 Å². The topological polar surface area (TPSA) is 211 Å². The number of aliphatic hydroxyl groups is 4. The largest absolute Gasteiger partial charge is 0.504 e. The van der Waals surface area contributed by atoms with Gasteiger partial charge in [-0.2, -0.15) is 0 Å². The highest BCUT2D eigenvalue weighted by molar-refractivity contribution is 5.96. The number of hydrogen-bond acceptors (Lipinski definition) is 12. The number of fused-ring (bicyclic) bond motifs is 2. The molecule has 0 bridgehead atoms. The average Bonchev–Trinajstić information content (AvgIpc) is 2.72. The summed E-state index contributed by atoms with van der Waals surface area (Å²) in [6.07, 6.45) is -8.30. The lowest BCUT2D eigenvalue weighted by Crippen LogP contribution is -2.60.